The Morgan fingerprint density at radius 2 is 1.83 bits per heavy atom. The van der Waals surface area contributed by atoms with Crippen LogP contribution in [0.25, 0.3) is 0 Å². The van der Waals surface area contributed by atoms with E-state index in [1.165, 1.54) is 0 Å². The number of nitrogens with one attached hydrogen (secondary N) is 1. The number of aromatic nitrogens is 1. The fourth-order valence-electron chi connectivity index (χ4n) is 1.54. The summed E-state index contributed by atoms with van der Waals surface area (Å²) in [4.78, 5) is 18.0. The van der Waals surface area contributed by atoms with E-state index in [4.69, 9.17) is 0 Å². The van der Waals surface area contributed by atoms with Crippen molar-refractivity contribution in [2.24, 2.45) is 0 Å². The number of hydrogen-bond donors (Lipinski definition) is 1. The highest BCUT2D eigenvalue weighted by molar-refractivity contribution is 6.03. The van der Waals surface area contributed by atoms with Crippen molar-refractivity contribution in [3.8, 4) is 0 Å². The van der Waals surface area contributed by atoms with Gasteiger partial charge in [0.15, 0.2) is 0 Å². The van der Waals surface area contributed by atoms with Crippen LogP contribution in [0.1, 0.15) is 10.4 Å². The maximum absolute atomic E-state index is 11.9. The molecule has 4 heteroatoms. The molecule has 1 heterocycles. The second-order valence-electron chi connectivity index (χ2n) is 4.11. The van der Waals surface area contributed by atoms with Crippen molar-refractivity contribution < 1.29 is 4.79 Å². The molecule has 18 heavy (non-hydrogen) atoms. The van der Waals surface area contributed by atoms with Crippen LogP contribution in [0.15, 0.2) is 48.7 Å². The molecule has 0 saturated heterocycles. The minimum atomic E-state index is -0.154. The van der Waals surface area contributed by atoms with Crippen LogP contribution < -0.4 is 10.2 Å². The van der Waals surface area contributed by atoms with Gasteiger partial charge in [-0.15, -0.1) is 0 Å². The Morgan fingerprint density at radius 3 is 2.39 bits per heavy atom. The number of rotatable bonds is 3. The average molecular weight is 241 g/mol. The third-order valence-electron chi connectivity index (χ3n) is 2.55. The van der Waals surface area contributed by atoms with Crippen LogP contribution in [0.5, 0.6) is 0 Å². The molecule has 0 aliphatic rings. The van der Waals surface area contributed by atoms with E-state index in [9.17, 15) is 4.79 Å². The summed E-state index contributed by atoms with van der Waals surface area (Å²) >= 11 is 0. The first-order valence-corrected chi connectivity index (χ1v) is 5.66. The van der Waals surface area contributed by atoms with E-state index in [0.717, 1.165) is 5.69 Å². The Labute approximate surface area is 106 Å². The van der Waals surface area contributed by atoms with Gasteiger partial charge in [0.2, 0.25) is 0 Å². The van der Waals surface area contributed by atoms with E-state index < -0.39 is 0 Å². The van der Waals surface area contributed by atoms with E-state index >= 15 is 0 Å². The number of benzene rings is 1. The van der Waals surface area contributed by atoms with Gasteiger partial charge in [-0.2, -0.15) is 0 Å². The molecular weight excluding hydrogens is 226 g/mol. The smallest absolute Gasteiger partial charge is 0.256 e. The predicted octanol–water partition coefficient (Wildman–Crippen LogP) is 2.40. The van der Waals surface area contributed by atoms with Gasteiger partial charge in [-0.3, -0.25) is 4.79 Å². The van der Waals surface area contributed by atoms with Crippen LogP contribution in [0.2, 0.25) is 0 Å². The molecule has 4 nitrogen and oxygen atoms in total. The molecule has 1 aromatic heterocycles. The van der Waals surface area contributed by atoms with Gasteiger partial charge < -0.3 is 10.2 Å². The van der Waals surface area contributed by atoms with E-state index in [-0.39, 0.29) is 5.91 Å². The molecule has 0 bridgehead atoms. The van der Waals surface area contributed by atoms with Gasteiger partial charge >= 0.3 is 0 Å². The van der Waals surface area contributed by atoms with Crippen LogP contribution in [0.4, 0.5) is 11.5 Å². The average Bonchev–Trinajstić information content (AvgIpc) is 2.40. The highest BCUT2D eigenvalue weighted by atomic mass is 16.1. The zero-order valence-electron chi connectivity index (χ0n) is 10.4. The molecule has 1 N–H and O–H groups in total. The fraction of sp³-hybridized carbons (Fsp3) is 0.143. The first-order chi connectivity index (χ1) is 8.66. The standard InChI is InChI=1S/C14H15N3O/c1-17(2)12-8-6-11(7-9-12)14(18)16-13-5-3-4-10-15-13/h3-10H,1-2H3,(H,15,16,18). The molecule has 0 fully saturated rings. The van der Waals surface area contributed by atoms with Crippen molar-refractivity contribution in [3.63, 3.8) is 0 Å². The largest absolute Gasteiger partial charge is 0.378 e. The van der Waals surface area contributed by atoms with Crippen LogP contribution in [-0.2, 0) is 0 Å². The quantitative estimate of drug-likeness (QED) is 0.897. The van der Waals surface area contributed by atoms with Crippen molar-refractivity contribution in [1.82, 2.24) is 4.98 Å². The minimum absolute atomic E-state index is 0.154. The molecule has 0 spiro atoms. The molecule has 2 aromatic rings. The summed E-state index contributed by atoms with van der Waals surface area (Å²) in [6.45, 7) is 0. The fourth-order valence-corrected chi connectivity index (χ4v) is 1.54. The van der Waals surface area contributed by atoms with Crippen molar-refractivity contribution >= 4 is 17.4 Å². The molecular formula is C14H15N3O. The van der Waals surface area contributed by atoms with Crippen LogP contribution in [-0.4, -0.2) is 25.0 Å². The summed E-state index contributed by atoms with van der Waals surface area (Å²) in [5.74, 6) is 0.401. The van der Waals surface area contributed by atoms with Crippen LogP contribution in [0.3, 0.4) is 0 Å². The van der Waals surface area contributed by atoms with Gasteiger partial charge in [0.25, 0.3) is 5.91 Å². The minimum Gasteiger partial charge on any atom is -0.378 e. The molecule has 0 aliphatic heterocycles. The Hall–Kier alpha value is -2.36. The SMILES string of the molecule is CN(C)c1ccc(C(=O)Nc2ccccn2)cc1. The predicted molar refractivity (Wildman–Crippen MR) is 73.0 cm³/mol. The van der Waals surface area contributed by atoms with E-state index in [0.29, 0.717) is 11.4 Å². The normalized spacial score (nSPS) is 9.89. The molecule has 92 valence electrons. The summed E-state index contributed by atoms with van der Waals surface area (Å²) in [6, 6.07) is 12.8. The summed E-state index contributed by atoms with van der Waals surface area (Å²) in [6.07, 6.45) is 1.64. The summed E-state index contributed by atoms with van der Waals surface area (Å²) in [5, 5.41) is 2.74. The maximum atomic E-state index is 11.9. The third-order valence-corrected chi connectivity index (χ3v) is 2.55. The highest BCUT2D eigenvalue weighted by Gasteiger charge is 2.06. The topological polar surface area (TPSA) is 45.2 Å². The summed E-state index contributed by atoms with van der Waals surface area (Å²) in [7, 11) is 3.92. The van der Waals surface area contributed by atoms with E-state index in [1.807, 2.05) is 43.3 Å². The third kappa shape index (κ3) is 2.85. The van der Waals surface area contributed by atoms with Gasteiger partial charge in [0.1, 0.15) is 5.82 Å². The lowest BCUT2D eigenvalue weighted by molar-refractivity contribution is 0.102. The van der Waals surface area contributed by atoms with Crippen molar-refractivity contribution in [3.05, 3.63) is 54.2 Å². The van der Waals surface area contributed by atoms with E-state index in [1.54, 1.807) is 24.4 Å². The number of anilines is 2. The molecule has 2 rings (SSSR count). The summed E-state index contributed by atoms with van der Waals surface area (Å²) < 4.78 is 0. The number of carbonyl (C=O) groups is 1. The lowest BCUT2D eigenvalue weighted by Crippen LogP contribution is -2.13. The monoisotopic (exact) mass is 241 g/mol. The van der Waals surface area contributed by atoms with Gasteiger partial charge in [-0.05, 0) is 36.4 Å². The van der Waals surface area contributed by atoms with E-state index in [2.05, 4.69) is 10.3 Å². The molecule has 0 radical (unpaired) electrons. The van der Waals surface area contributed by atoms with Gasteiger partial charge in [0.05, 0.1) is 0 Å². The van der Waals surface area contributed by atoms with Gasteiger partial charge in [-0.1, -0.05) is 6.07 Å². The van der Waals surface area contributed by atoms with Gasteiger partial charge in [0, 0.05) is 31.5 Å². The Kier molecular flexibility index (Phi) is 3.57. The number of amides is 1. The van der Waals surface area contributed by atoms with Crippen molar-refractivity contribution in [1.29, 1.82) is 0 Å². The first kappa shape index (κ1) is 12.1. The number of carbonyl (C=O) groups excluding carboxylic acids is 1. The molecule has 0 saturated carbocycles. The lowest BCUT2D eigenvalue weighted by Gasteiger charge is -2.12. The Morgan fingerprint density at radius 1 is 1.11 bits per heavy atom. The number of pyridine rings is 1. The number of nitrogens with zero attached hydrogens (tertiary/aromatic N) is 2. The van der Waals surface area contributed by atoms with Gasteiger partial charge in [-0.25, -0.2) is 4.98 Å². The molecule has 1 aromatic carbocycles. The molecule has 0 atom stereocenters. The molecule has 0 unspecified atom stereocenters. The lowest BCUT2D eigenvalue weighted by atomic mass is 10.2. The van der Waals surface area contributed by atoms with Crippen molar-refractivity contribution in [2.75, 3.05) is 24.3 Å². The Bertz CT molecular complexity index is 520. The zero-order valence-corrected chi connectivity index (χ0v) is 10.4. The van der Waals surface area contributed by atoms with Crippen LogP contribution >= 0.6 is 0 Å². The molecule has 1 amide bonds. The molecule has 0 aliphatic carbocycles. The Balaban J connectivity index is 2.10. The second-order valence-corrected chi connectivity index (χ2v) is 4.11. The van der Waals surface area contributed by atoms with Crippen LogP contribution in [0, 0.1) is 0 Å². The summed E-state index contributed by atoms with van der Waals surface area (Å²) in [5.41, 5.74) is 1.68. The number of hydrogen-bond acceptors (Lipinski definition) is 3. The van der Waals surface area contributed by atoms with Crippen molar-refractivity contribution in [2.45, 2.75) is 0 Å². The zero-order chi connectivity index (χ0) is 13.0. The second kappa shape index (κ2) is 5.31. The first-order valence-electron chi connectivity index (χ1n) is 5.66. The highest BCUT2D eigenvalue weighted by Crippen LogP contribution is 2.13. The maximum Gasteiger partial charge on any atom is 0.256 e.